The predicted octanol–water partition coefficient (Wildman–Crippen LogP) is 5.66. The Morgan fingerprint density at radius 2 is 1.38 bits per heavy atom. The van der Waals surface area contributed by atoms with Gasteiger partial charge in [-0.15, -0.1) is 0 Å². The average molecular weight is 564 g/mol. The Kier molecular flexibility index (Phi) is 9.13. The molecule has 1 saturated heterocycles. The van der Waals surface area contributed by atoms with Crippen molar-refractivity contribution in [3.05, 3.63) is 125 Å². The maximum Gasteiger partial charge on any atom is 0.338 e. The molecule has 0 unspecified atom stereocenters. The van der Waals surface area contributed by atoms with Crippen LogP contribution in [-0.4, -0.2) is 55.5 Å². The number of piperazine rings is 1. The normalized spacial score (nSPS) is 12.9. The van der Waals surface area contributed by atoms with E-state index in [9.17, 15) is 14.4 Å². The quantitative estimate of drug-likeness (QED) is 0.265. The van der Waals surface area contributed by atoms with Crippen LogP contribution in [0.25, 0.3) is 0 Å². The number of carbonyl (C=O) groups is 3. The van der Waals surface area contributed by atoms with Crippen LogP contribution in [0.2, 0.25) is 0 Å². The molecule has 2 amide bonds. The fourth-order valence-electron chi connectivity index (χ4n) is 4.80. The fourth-order valence-corrected chi connectivity index (χ4v) is 4.80. The van der Waals surface area contributed by atoms with Crippen LogP contribution in [0.4, 0.5) is 11.4 Å². The number of esters is 1. The van der Waals surface area contributed by atoms with E-state index < -0.39 is 5.97 Å². The van der Waals surface area contributed by atoms with Crippen molar-refractivity contribution in [1.82, 2.24) is 4.90 Å². The van der Waals surface area contributed by atoms with Gasteiger partial charge in [0.1, 0.15) is 12.4 Å². The summed E-state index contributed by atoms with van der Waals surface area (Å²) in [6.07, 6.45) is 0. The molecule has 0 aromatic heterocycles. The van der Waals surface area contributed by atoms with Crippen LogP contribution in [0.3, 0.4) is 0 Å². The highest BCUT2D eigenvalue weighted by atomic mass is 16.5. The molecule has 1 heterocycles. The number of anilines is 2. The highest BCUT2D eigenvalue weighted by Gasteiger charge is 2.25. The number of rotatable bonds is 9. The van der Waals surface area contributed by atoms with Gasteiger partial charge in [0, 0.05) is 37.3 Å². The average Bonchev–Trinajstić information content (AvgIpc) is 3.05. The molecule has 0 bridgehead atoms. The molecule has 8 heteroatoms. The van der Waals surface area contributed by atoms with E-state index in [0.717, 1.165) is 11.3 Å². The number of amides is 2. The summed E-state index contributed by atoms with van der Waals surface area (Å²) in [4.78, 5) is 42.7. The molecular formula is C34H33N3O5. The Morgan fingerprint density at radius 3 is 2.05 bits per heavy atom. The second-order valence-corrected chi connectivity index (χ2v) is 9.85. The summed E-state index contributed by atoms with van der Waals surface area (Å²) in [6, 6.07) is 31.2. The molecule has 1 aliphatic rings. The molecular weight excluding hydrogens is 530 g/mol. The molecule has 0 atom stereocenters. The number of ether oxygens (including phenoxy) is 2. The van der Waals surface area contributed by atoms with Crippen molar-refractivity contribution in [2.75, 3.05) is 43.0 Å². The van der Waals surface area contributed by atoms with E-state index in [1.807, 2.05) is 71.6 Å². The van der Waals surface area contributed by atoms with E-state index in [1.165, 1.54) is 0 Å². The van der Waals surface area contributed by atoms with E-state index in [1.54, 1.807) is 43.3 Å². The molecule has 1 N–H and O–H groups in total. The summed E-state index contributed by atoms with van der Waals surface area (Å²) in [5, 5.41) is 2.99. The van der Waals surface area contributed by atoms with Gasteiger partial charge < -0.3 is 24.6 Å². The van der Waals surface area contributed by atoms with Crippen molar-refractivity contribution in [3.8, 4) is 5.75 Å². The third kappa shape index (κ3) is 6.96. The van der Waals surface area contributed by atoms with Crippen molar-refractivity contribution in [1.29, 1.82) is 0 Å². The van der Waals surface area contributed by atoms with Gasteiger partial charge in [0.05, 0.1) is 23.5 Å². The Balaban J connectivity index is 1.29. The zero-order valence-electron chi connectivity index (χ0n) is 23.5. The number of benzene rings is 4. The molecule has 214 valence electrons. The minimum Gasteiger partial charge on any atom is -0.489 e. The van der Waals surface area contributed by atoms with Crippen molar-refractivity contribution in [2.45, 2.75) is 13.5 Å². The molecule has 5 rings (SSSR count). The Bertz CT molecular complexity index is 1520. The summed E-state index contributed by atoms with van der Waals surface area (Å²) in [5.41, 5.74) is 3.78. The van der Waals surface area contributed by atoms with Crippen LogP contribution >= 0.6 is 0 Å². The number of carbonyl (C=O) groups excluding carboxylic acids is 3. The van der Waals surface area contributed by atoms with Gasteiger partial charge in [-0.2, -0.15) is 0 Å². The first-order chi connectivity index (χ1) is 20.5. The number of hydrogen-bond acceptors (Lipinski definition) is 6. The zero-order chi connectivity index (χ0) is 29.3. The summed E-state index contributed by atoms with van der Waals surface area (Å²) in [6.45, 7) is 4.65. The molecule has 0 spiro atoms. The summed E-state index contributed by atoms with van der Waals surface area (Å²) in [5.74, 6) is -0.122. The highest BCUT2D eigenvalue weighted by molar-refractivity contribution is 6.07. The minimum atomic E-state index is -0.460. The third-order valence-corrected chi connectivity index (χ3v) is 7.05. The van der Waals surface area contributed by atoms with E-state index in [2.05, 4.69) is 10.2 Å². The van der Waals surface area contributed by atoms with Gasteiger partial charge in [-0.1, -0.05) is 48.5 Å². The van der Waals surface area contributed by atoms with Gasteiger partial charge in [-0.25, -0.2) is 4.79 Å². The summed E-state index contributed by atoms with van der Waals surface area (Å²) in [7, 11) is 0. The lowest BCUT2D eigenvalue weighted by Crippen LogP contribution is -2.49. The second-order valence-electron chi connectivity index (χ2n) is 9.85. The Hall–Kier alpha value is -5.11. The third-order valence-electron chi connectivity index (χ3n) is 7.05. The SMILES string of the molecule is CCOC(=O)c1ccc(N2CCN(C(=O)c3ccccc3)CC2)c(NC(=O)c2ccc(OCc3ccccc3)cc2)c1. The lowest BCUT2D eigenvalue weighted by molar-refractivity contribution is 0.0526. The van der Waals surface area contributed by atoms with Crippen LogP contribution in [0.15, 0.2) is 103 Å². The topological polar surface area (TPSA) is 88.2 Å². The van der Waals surface area contributed by atoms with Crippen LogP contribution in [0.5, 0.6) is 5.75 Å². The van der Waals surface area contributed by atoms with Gasteiger partial charge >= 0.3 is 5.97 Å². The first kappa shape index (κ1) is 28.4. The lowest BCUT2D eigenvalue weighted by Gasteiger charge is -2.37. The monoisotopic (exact) mass is 563 g/mol. The maximum absolute atomic E-state index is 13.3. The summed E-state index contributed by atoms with van der Waals surface area (Å²) >= 11 is 0. The first-order valence-electron chi connectivity index (χ1n) is 14.0. The van der Waals surface area contributed by atoms with E-state index >= 15 is 0 Å². The molecule has 0 radical (unpaired) electrons. The van der Waals surface area contributed by atoms with Gasteiger partial charge in [-0.05, 0) is 67.1 Å². The van der Waals surface area contributed by atoms with E-state index in [0.29, 0.717) is 60.9 Å². The largest absolute Gasteiger partial charge is 0.489 e. The van der Waals surface area contributed by atoms with Gasteiger partial charge in [0.25, 0.3) is 11.8 Å². The molecule has 0 aliphatic carbocycles. The minimum absolute atomic E-state index is 0.00219. The van der Waals surface area contributed by atoms with Crippen molar-refractivity contribution >= 4 is 29.2 Å². The van der Waals surface area contributed by atoms with Crippen molar-refractivity contribution in [2.24, 2.45) is 0 Å². The van der Waals surface area contributed by atoms with Gasteiger partial charge in [0.15, 0.2) is 0 Å². The van der Waals surface area contributed by atoms with Crippen LogP contribution in [0, 0.1) is 0 Å². The van der Waals surface area contributed by atoms with E-state index in [-0.39, 0.29) is 18.4 Å². The molecule has 8 nitrogen and oxygen atoms in total. The molecule has 1 fully saturated rings. The standard InChI is InChI=1S/C34H33N3O5/c1-2-41-34(40)28-15-18-31(36-19-21-37(22-20-36)33(39)27-11-7-4-8-12-27)30(23-28)35-32(38)26-13-16-29(17-14-26)42-24-25-9-5-3-6-10-25/h3-18,23H,2,19-22,24H2,1H3,(H,35,38). The molecule has 42 heavy (non-hydrogen) atoms. The molecule has 0 saturated carbocycles. The molecule has 1 aliphatic heterocycles. The molecule has 4 aromatic carbocycles. The van der Waals surface area contributed by atoms with Gasteiger partial charge in [-0.3, -0.25) is 9.59 Å². The fraction of sp³-hybridized carbons (Fsp3) is 0.206. The van der Waals surface area contributed by atoms with Crippen LogP contribution < -0.4 is 15.0 Å². The first-order valence-corrected chi connectivity index (χ1v) is 14.0. The Labute approximate surface area is 245 Å². The lowest BCUT2D eigenvalue weighted by atomic mass is 10.1. The number of nitrogens with one attached hydrogen (secondary N) is 1. The highest BCUT2D eigenvalue weighted by Crippen LogP contribution is 2.30. The number of nitrogens with zero attached hydrogens (tertiary/aromatic N) is 2. The smallest absolute Gasteiger partial charge is 0.338 e. The second kappa shape index (κ2) is 13.5. The van der Waals surface area contributed by atoms with Crippen molar-refractivity contribution < 1.29 is 23.9 Å². The number of hydrogen-bond donors (Lipinski definition) is 1. The van der Waals surface area contributed by atoms with E-state index in [4.69, 9.17) is 9.47 Å². The van der Waals surface area contributed by atoms with Crippen LogP contribution in [0.1, 0.15) is 43.6 Å². The maximum atomic E-state index is 13.3. The van der Waals surface area contributed by atoms with Crippen molar-refractivity contribution in [3.63, 3.8) is 0 Å². The zero-order valence-corrected chi connectivity index (χ0v) is 23.5. The predicted molar refractivity (Wildman–Crippen MR) is 162 cm³/mol. The summed E-state index contributed by atoms with van der Waals surface area (Å²) < 4.78 is 11.0. The Morgan fingerprint density at radius 1 is 0.738 bits per heavy atom. The van der Waals surface area contributed by atoms with Crippen LogP contribution in [-0.2, 0) is 11.3 Å². The van der Waals surface area contributed by atoms with Gasteiger partial charge in [0.2, 0.25) is 0 Å². The molecule has 4 aromatic rings.